The molecule has 0 aromatic carbocycles. The van der Waals surface area contributed by atoms with Crippen LogP contribution in [0.3, 0.4) is 0 Å². The monoisotopic (exact) mass is 281 g/mol. The van der Waals surface area contributed by atoms with Crippen molar-refractivity contribution in [2.24, 2.45) is 14.1 Å². The van der Waals surface area contributed by atoms with Crippen LogP contribution < -0.4 is 16.1 Å². The van der Waals surface area contributed by atoms with Gasteiger partial charge in [-0.15, -0.1) is 0 Å². The van der Waals surface area contributed by atoms with Gasteiger partial charge in [-0.25, -0.2) is 4.79 Å². The Morgan fingerprint density at radius 1 is 1.30 bits per heavy atom. The molecule has 0 fully saturated rings. The third-order valence-corrected chi connectivity index (χ3v) is 3.32. The summed E-state index contributed by atoms with van der Waals surface area (Å²) in [5, 5.41) is 9.11. The Hall–Kier alpha value is -2.09. The molecule has 0 atom stereocenters. The summed E-state index contributed by atoms with van der Waals surface area (Å²) < 4.78 is 2.37. The van der Waals surface area contributed by atoms with E-state index in [2.05, 4.69) is 9.97 Å². The van der Waals surface area contributed by atoms with Crippen molar-refractivity contribution in [2.45, 2.75) is 19.9 Å². The molecule has 2 heterocycles. The van der Waals surface area contributed by atoms with Gasteiger partial charge in [0.2, 0.25) is 5.95 Å². The van der Waals surface area contributed by atoms with Crippen molar-refractivity contribution in [2.75, 3.05) is 18.1 Å². The van der Waals surface area contributed by atoms with Crippen molar-refractivity contribution in [1.29, 1.82) is 0 Å². The molecule has 0 bridgehead atoms. The summed E-state index contributed by atoms with van der Waals surface area (Å²) in [5.74, 6) is 0.474. The number of fused-ring (bicyclic) bond motifs is 1. The second-order valence-corrected chi connectivity index (χ2v) is 4.98. The number of hydrogen-bond acceptors (Lipinski definition) is 5. The van der Waals surface area contributed by atoms with Gasteiger partial charge in [-0.05, 0) is 13.8 Å². The van der Waals surface area contributed by atoms with Crippen molar-refractivity contribution in [3.8, 4) is 0 Å². The second-order valence-electron chi connectivity index (χ2n) is 4.98. The number of hydrogen-bond donors (Lipinski definition) is 2. The van der Waals surface area contributed by atoms with Crippen LogP contribution in [0.1, 0.15) is 13.8 Å². The van der Waals surface area contributed by atoms with Crippen LogP contribution in [-0.2, 0) is 14.1 Å². The molecule has 2 rings (SSSR count). The van der Waals surface area contributed by atoms with Gasteiger partial charge < -0.3 is 15.0 Å². The first-order valence-electron chi connectivity index (χ1n) is 6.41. The number of aromatic nitrogens is 4. The average molecular weight is 281 g/mol. The first-order valence-corrected chi connectivity index (χ1v) is 6.41. The van der Waals surface area contributed by atoms with E-state index in [9.17, 15) is 9.59 Å². The number of aliphatic hydroxyl groups is 1. The lowest BCUT2D eigenvalue weighted by atomic mass is 10.3. The van der Waals surface area contributed by atoms with E-state index in [-0.39, 0.29) is 18.2 Å². The van der Waals surface area contributed by atoms with Crippen LogP contribution in [0.25, 0.3) is 11.2 Å². The third kappa shape index (κ3) is 2.11. The van der Waals surface area contributed by atoms with Crippen molar-refractivity contribution in [3.63, 3.8) is 0 Å². The van der Waals surface area contributed by atoms with Crippen LogP contribution in [0.4, 0.5) is 5.95 Å². The van der Waals surface area contributed by atoms with Gasteiger partial charge in [-0.2, -0.15) is 4.98 Å². The zero-order valence-electron chi connectivity index (χ0n) is 12.0. The summed E-state index contributed by atoms with van der Waals surface area (Å²) in [5.41, 5.74) is -0.224. The second kappa shape index (κ2) is 5.12. The Morgan fingerprint density at radius 3 is 2.50 bits per heavy atom. The number of imidazole rings is 1. The predicted molar refractivity (Wildman–Crippen MR) is 76.1 cm³/mol. The molecule has 8 nitrogen and oxygen atoms in total. The maximum Gasteiger partial charge on any atom is 0.332 e. The molecule has 8 heteroatoms. The highest BCUT2D eigenvalue weighted by Gasteiger charge is 2.18. The largest absolute Gasteiger partial charge is 0.395 e. The number of aromatic amines is 1. The number of rotatable bonds is 4. The Bertz CT molecular complexity index is 740. The standard InChI is InChI=1S/C12H19N5O3/c1-7(2)17(5-6-18)11-13-8-9(14-11)15(3)12(20)16(4)10(8)19/h7,18H,5-6H2,1-4H3,(H,13,14). The SMILES string of the molecule is CC(C)N(CCO)c1nc2c([nH]1)c(=O)n(C)c(=O)n2C. The smallest absolute Gasteiger partial charge is 0.332 e. The van der Waals surface area contributed by atoms with E-state index >= 15 is 0 Å². The van der Waals surface area contributed by atoms with Crippen LogP contribution >= 0.6 is 0 Å². The zero-order valence-corrected chi connectivity index (χ0v) is 12.0. The summed E-state index contributed by atoms with van der Waals surface area (Å²) in [6.07, 6.45) is 0. The van der Waals surface area contributed by atoms with Crippen molar-refractivity contribution in [3.05, 3.63) is 20.8 Å². The summed E-state index contributed by atoms with van der Waals surface area (Å²) in [6.45, 7) is 4.29. The molecule has 2 aromatic rings. The number of anilines is 1. The Labute approximate surface area is 115 Å². The van der Waals surface area contributed by atoms with Gasteiger partial charge in [0, 0.05) is 26.7 Å². The number of H-pyrrole nitrogens is 1. The van der Waals surface area contributed by atoms with E-state index in [1.54, 1.807) is 7.05 Å². The number of aryl methyl sites for hydroxylation is 1. The molecule has 0 aliphatic rings. The van der Waals surface area contributed by atoms with Crippen LogP contribution in [-0.4, -0.2) is 43.4 Å². The van der Waals surface area contributed by atoms with Crippen LogP contribution in [0.15, 0.2) is 9.59 Å². The fourth-order valence-corrected chi connectivity index (χ4v) is 2.17. The molecule has 110 valence electrons. The molecule has 2 aromatic heterocycles. The maximum absolute atomic E-state index is 12.1. The Morgan fingerprint density at radius 2 is 1.95 bits per heavy atom. The molecule has 0 saturated carbocycles. The lowest BCUT2D eigenvalue weighted by Gasteiger charge is -2.24. The minimum Gasteiger partial charge on any atom is -0.395 e. The molecular weight excluding hydrogens is 262 g/mol. The highest BCUT2D eigenvalue weighted by Crippen LogP contribution is 2.15. The molecule has 0 aliphatic heterocycles. The van der Waals surface area contributed by atoms with E-state index in [0.29, 0.717) is 18.1 Å². The normalized spacial score (nSPS) is 11.5. The number of aliphatic hydroxyl groups excluding tert-OH is 1. The van der Waals surface area contributed by atoms with E-state index in [0.717, 1.165) is 4.57 Å². The molecule has 0 unspecified atom stereocenters. The molecule has 20 heavy (non-hydrogen) atoms. The van der Waals surface area contributed by atoms with Gasteiger partial charge in [-0.3, -0.25) is 13.9 Å². The molecule has 0 amide bonds. The Balaban J connectivity index is 2.71. The number of nitrogens with one attached hydrogen (secondary N) is 1. The summed E-state index contributed by atoms with van der Waals surface area (Å²) in [6, 6.07) is 0.101. The lowest BCUT2D eigenvalue weighted by Crippen LogP contribution is -2.36. The summed E-state index contributed by atoms with van der Waals surface area (Å²) >= 11 is 0. The highest BCUT2D eigenvalue weighted by molar-refractivity contribution is 5.73. The number of nitrogens with zero attached hydrogens (tertiary/aromatic N) is 4. The van der Waals surface area contributed by atoms with Gasteiger partial charge >= 0.3 is 5.69 Å². The van der Waals surface area contributed by atoms with E-state index in [1.165, 1.54) is 11.6 Å². The zero-order chi connectivity index (χ0) is 15.0. The molecule has 0 saturated heterocycles. The first kappa shape index (κ1) is 14.3. The molecule has 0 radical (unpaired) electrons. The van der Waals surface area contributed by atoms with E-state index < -0.39 is 11.2 Å². The highest BCUT2D eigenvalue weighted by atomic mass is 16.3. The van der Waals surface area contributed by atoms with Crippen LogP contribution in [0, 0.1) is 0 Å². The fraction of sp³-hybridized carbons (Fsp3) is 0.583. The van der Waals surface area contributed by atoms with Gasteiger partial charge in [-0.1, -0.05) is 0 Å². The van der Waals surface area contributed by atoms with Crippen molar-refractivity contribution < 1.29 is 5.11 Å². The third-order valence-electron chi connectivity index (χ3n) is 3.32. The quantitative estimate of drug-likeness (QED) is 0.762. The summed E-state index contributed by atoms with van der Waals surface area (Å²) in [7, 11) is 3.00. The van der Waals surface area contributed by atoms with Crippen LogP contribution in [0.5, 0.6) is 0 Å². The maximum atomic E-state index is 12.1. The van der Waals surface area contributed by atoms with E-state index in [1.807, 2.05) is 18.7 Å². The lowest BCUT2D eigenvalue weighted by molar-refractivity contribution is 0.298. The minimum atomic E-state index is -0.418. The average Bonchev–Trinajstić information content (AvgIpc) is 2.84. The molecule has 0 spiro atoms. The van der Waals surface area contributed by atoms with Crippen molar-refractivity contribution >= 4 is 17.1 Å². The van der Waals surface area contributed by atoms with Gasteiger partial charge in [0.25, 0.3) is 5.56 Å². The first-order chi connectivity index (χ1) is 9.38. The topological polar surface area (TPSA) is 96.2 Å². The minimum absolute atomic E-state index is 0.0217. The molecular formula is C12H19N5O3. The van der Waals surface area contributed by atoms with Gasteiger partial charge in [0.05, 0.1) is 6.61 Å². The van der Waals surface area contributed by atoms with Crippen LogP contribution in [0.2, 0.25) is 0 Å². The Kier molecular flexibility index (Phi) is 3.67. The van der Waals surface area contributed by atoms with E-state index in [4.69, 9.17) is 5.11 Å². The molecule has 0 aliphatic carbocycles. The molecule has 2 N–H and O–H groups in total. The predicted octanol–water partition coefficient (Wildman–Crippen LogP) is -0.833. The van der Waals surface area contributed by atoms with Gasteiger partial charge in [0.1, 0.15) is 0 Å². The van der Waals surface area contributed by atoms with Crippen molar-refractivity contribution in [1.82, 2.24) is 19.1 Å². The fourth-order valence-electron chi connectivity index (χ4n) is 2.17. The summed E-state index contributed by atoms with van der Waals surface area (Å²) in [4.78, 5) is 33.0. The van der Waals surface area contributed by atoms with Gasteiger partial charge in [0.15, 0.2) is 11.2 Å².